The summed E-state index contributed by atoms with van der Waals surface area (Å²) >= 11 is 0. The Bertz CT molecular complexity index is 523. The molecule has 0 saturated heterocycles. The third-order valence-corrected chi connectivity index (χ3v) is 2.40. The summed E-state index contributed by atoms with van der Waals surface area (Å²) in [5.74, 6) is -1.49. The van der Waals surface area contributed by atoms with Crippen LogP contribution in [0.15, 0.2) is 30.3 Å². The molecule has 0 N–H and O–H groups in total. The number of benzene rings is 1. The van der Waals surface area contributed by atoms with Gasteiger partial charge in [-0.3, -0.25) is 4.79 Å². The van der Waals surface area contributed by atoms with Crippen LogP contribution in [0.2, 0.25) is 0 Å². The summed E-state index contributed by atoms with van der Waals surface area (Å²) in [6.45, 7) is 4.91. The second-order valence-corrected chi connectivity index (χ2v) is 5.09. The van der Waals surface area contributed by atoms with Crippen molar-refractivity contribution in [2.24, 2.45) is 5.41 Å². The van der Waals surface area contributed by atoms with Crippen LogP contribution in [0.25, 0.3) is 5.53 Å². The summed E-state index contributed by atoms with van der Waals surface area (Å²) in [6, 6.07) is 9.04. The van der Waals surface area contributed by atoms with Crippen LogP contribution in [-0.4, -0.2) is 22.3 Å². The maximum absolute atomic E-state index is 11.9. The molecule has 0 heterocycles. The van der Waals surface area contributed by atoms with Crippen molar-refractivity contribution in [3.8, 4) is 0 Å². The number of Topliss-reactive ketones (excluding diaryl/α,β-unsaturated/α-hetero) is 1. The van der Waals surface area contributed by atoms with E-state index in [1.165, 1.54) is 0 Å². The zero-order valence-electron chi connectivity index (χ0n) is 11.2. The maximum atomic E-state index is 11.9. The molecular formula is C14H16N2O3. The van der Waals surface area contributed by atoms with Crippen molar-refractivity contribution in [3.05, 3.63) is 41.4 Å². The summed E-state index contributed by atoms with van der Waals surface area (Å²) < 4.78 is 4.95. The van der Waals surface area contributed by atoms with Gasteiger partial charge >= 0.3 is 11.7 Å². The van der Waals surface area contributed by atoms with Gasteiger partial charge in [-0.2, -0.15) is 4.79 Å². The normalized spacial score (nSPS) is 10.5. The van der Waals surface area contributed by atoms with Crippen LogP contribution < -0.4 is 0 Å². The van der Waals surface area contributed by atoms with Gasteiger partial charge in [0.2, 0.25) is 0 Å². The molecule has 100 valence electrons. The summed E-state index contributed by atoms with van der Waals surface area (Å²) in [6.07, 6.45) is 0. The van der Waals surface area contributed by atoms with Crippen molar-refractivity contribution < 1.29 is 19.1 Å². The van der Waals surface area contributed by atoms with E-state index in [1.807, 2.05) is 18.2 Å². The molecule has 1 rings (SSSR count). The van der Waals surface area contributed by atoms with Crippen molar-refractivity contribution in [2.75, 3.05) is 0 Å². The third-order valence-electron chi connectivity index (χ3n) is 2.40. The Balaban J connectivity index is 2.72. The minimum atomic E-state index is -0.925. The first-order chi connectivity index (χ1) is 8.86. The smallest absolute Gasteiger partial charge is 0.442 e. The van der Waals surface area contributed by atoms with E-state index in [0.717, 1.165) is 5.56 Å². The SMILES string of the molecule is CC(C)(C)C(=O)C(=[N+]=[N-])C(=O)OCc1ccccc1. The number of ketones is 1. The number of esters is 1. The van der Waals surface area contributed by atoms with Crippen LogP contribution in [0, 0.1) is 5.41 Å². The molecule has 0 unspecified atom stereocenters. The van der Waals surface area contributed by atoms with E-state index < -0.39 is 22.9 Å². The van der Waals surface area contributed by atoms with E-state index in [2.05, 4.69) is 4.79 Å². The van der Waals surface area contributed by atoms with E-state index in [9.17, 15) is 9.59 Å². The van der Waals surface area contributed by atoms with Gasteiger partial charge < -0.3 is 10.3 Å². The van der Waals surface area contributed by atoms with Crippen LogP contribution >= 0.6 is 0 Å². The quantitative estimate of drug-likeness (QED) is 0.273. The number of ether oxygens (including phenoxy) is 1. The summed E-state index contributed by atoms with van der Waals surface area (Å²) in [7, 11) is 0. The predicted octanol–water partition coefficient (Wildman–Crippen LogP) is 2.02. The molecule has 0 aromatic heterocycles. The number of hydrogen-bond donors (Lipinski definition) is 0. The summed E-state index contributed by atoms with van der Waals surface area (Å²) in [4.78, 5) is 26.3. The van der Waals surface area contributed by atoms with Crippen LogP contribution in [-0.2, 0) is 20.9 Å². The molecule has 5 heteroatoms. The molecule has 1 aromatic rings. The van der Waals surface area contributed by atoms with Crippen LogP contribution in [0.5, 0.6) is 0 Å². The zero-order chi connectivity index (χ0) is 14.5. The van der Waals surface area contributed by atoms with Gasteiger partial charge in [-0.05, 0) is 5.56 Å². The Kier molecular flexibility index (Phi) is 4.73. The molecule has 1 aromatic carbocycles. The Morgan fingerprint density at radius 1 is 1.21 bits per heavy atom. The van der Waals surface area contributed by atoms with Crippen molar-refractivity contribution in [1.82, 2.24) is 0 Å². The Labute approximate surface area is 111 Å². The standard InChI is InChI=1S/C14H16N2O3/c1-14(2,3)12(17)11(16-15)13(18)19-9-10-7-5-4-6-8-10/h4-8H,9H2,1-3H3. The summed E-state index contributed by atoms with van der Waals surface area (Å²) in [5.41, 5.74) is 8.19. The van der Waals surface area contributed by atoms with E-state index in [-0.39, 0.29) is 6.61 Å². The van der Waals surface area contributed by atoms with Gasteiger partial charge in [0.1, 0.15) is 6.61 Å². The lowest BCUT2D eigenvalue weighted by atomic mass is 9.88. The Hall–Kier alpha value is -2.26. The molecule has 0 fully saturated rings. The van der Waals surface area contributed by atoms with Gasteiger partial charge in [-0.25, -0.2) is 4.79 Å². The summed E-state index contributed by atoms with van der Waals surface area (Å²) in [5, 5.41) is 0. The van der Waals surface area contributed by atoms with Crippen molar-refractivity contribution in [2.45, 2.75) is 27.4 Å². The maximum Gasteiger partial charge on any atom is 0.442 e. The van der Waals surface area contributed by atoms with Crippen molar-refractivity contribution in [3.63, 3.8) is 0 Å². The number of rotatable bonds is 4. The number of nitrogens with zero attached hydrogens (tertiary/aromatic N) is 2. The molecular weight excluding hydrogens is 244 g/mol. The minimum absolute atomic E-state index is 0.0239. The van der Waals surface area contributed by atoms with Crippen molar-refractivity contribution >= 4 is 17.5 Å². The fraction of sp³-hybridized carbons (Fsp3) is 0.357. The first kappa shape index (κ1) is 14.8. The second kappa shape index (κ2) is 6.07. The number of hydrogen-bond acceptors (Lipinski definition) is 3. The molecule has 0 radical (unpaired) electrons. The first-order valence-electron chi connectivity index (χ1n) is 5.84. The Morgan fingerprint density at radius 3 is 2.26 bits per heavy atom. The van der Waals surface area contributed by atoms with Gasteiger partial charge in [-0.15, -0.1) is 0 Å². The fourth-order valence-corrected chi connectivity index (χ4v) is 1.33. The van der Waals surface area contributed by atoms with Crippen molar-refractivity contribution in [1.29, 1.82) is 0 Å². The van der Waals surface area contributed by atoms with Crippen LogP contribution in [0.1, 0.15) is 26.3 Å². The van der Waals surface area contributed by atoms with Gasteiger partial charge in [0.25, 0.3) is 5.78 Å². The highest BCUT2D eigenvalue weighted by molar-refractivity contribution is 6.63. The van der Waals surface area contributed by atoms with E-state index in [0.29, 0.717) is 0 Å². The highest BCUT2D eigenvalue weighted by atomic mass is 16.5. The molecule has 0 saturated carbocycles. The molecule has 0 amide bonds. The molecule has 19 heavy (non-hydrogen) atoms. The molecule has 0 bridgehead atoms. The monoisotopic (exact) mass is 260 g/mol. The molecule has 0 atom stereocenters. The number of carbonyl (C=O) groups excluding carboxylic acids is 2. The van der Waals surface area contributed by atoms with Crippen LogP contribution in [0.3, 0.4) is 0 Å². The van der Waals surface area contributed by atoms with Gasteiger partial charge in [0.15, 0.2) is 0 Å². The Morgan fingerprint density at radius 2 is 1.79 bits per heavy atom. The molecule has 0 aliphatic heterocycles. The fourth-order valence-electron chi connectivity index (χ4n) is 1.33. The van der Waals surface area contributed by atoms with E-state index in [1.54, 1.807) is 32.9 Å². The largest absolute Gasteiger partial charge is 0.452 e. The second-order valence-electron chi connectivity index (χ2n) is 5.09. The lowest BCUT2D eigenvalue weighted by Crippen LogP contribution is -2.35. The van der Waals surface area contributed by atoms with E-state index >= 15 is 0 Å². The highest BCUT2D eigenvalue weighted by Gasteiger charge is 2.39. The third kappa shape index (κ3) is 4.16. The van der Waals surface area contributed by atoms with Gasteiger partial charge in [-0.1, -0.05) is 51.1 Å². The molecule has 0 aliphatic carbocycles. The molecule has 5 nitrogen and oxygen atoms in total. The predicted molar refractivity (Wildman–Crippen MR) is 69.3 cm³/mol. The van der Waals surface area contributed by atoms with E-state index in [4.69, 9.17) is 10.3 Å². The lowest BCUT2D eigenvalue weighted by molar-refractivity contribution is -0.144. The lowest BCUT2D eigenvalue weighted by Gasteiger charge is -2.12. The van der Waals surface area contributed by atoms with Crippen LogP contribution in [0.4, 0.5) is 0 Å². The highest BCUT2D eigenvalue weighted by Crippen LogP contribution is 2.15. The topological polar surface area (TPSA) is 79.8 Å². The minimum Gasteiger partial charge on any atom is -0.452 e. The molecule has 0 spiro atoms. The van der Waals surface area contributed by atoms with Gasteiger partial charge in [0.05, 0.1) is 0 Å². The zero-order valence-corrected chi connectivity index (χ0v) is 11.2. The molecule has 0 aliphatic rings. The van der Waals surface area contributed by atoms with Gasteiger partial charge in [0, 0.05) is 5.41 Å². The number of carbonyl (C=O) groups is 2. The average Bonchev–Trinajstić information content (AvgIpc) is 2.37. The average molecular weight is 260 g/mol. The first-order valence-corrected chi connectivity index (χ1v) is 5.84.